The average Bonchev–Trinajstić information content (AvgIpc) is 2.58. The van der Waals surface area contributed by atoms with Gasteiger partial charge in [0.1, 0.15) is 6.10 Å². The highest BCUT2D eigenvalue weighted by molar-refractivity contribution is 5.51. The predicted octanol–water partition coefficient (Wildman–Crippen LogP) is 1.84. The van der Waals surface area contributed by atoms with Gasteiger partial charge in [0.15, 0.2) is 11.5 Å². The Kier molecular flexibility index (Phi) is 4.42. The first-order valence-corrected chi connectivity index (χ1v) is 9.68. The molecule has 25 heavy (non-hydrogen) atoms. The fourth-order valence-corrected chi connectivity index (χ4v) is 5.14. The molecule has 3 N–H and O–H groups in total. The first kappa shape index (κ1) is 17.1. The molecule has 0 spiro atoms. The fourth-order valence-electron chi connectivity index (χ4n) is 5.14. The second-order valence-corrected chi connectivity index (χ2v) is 8.02. The van der Waals surface area contributed by atoms with Crippen molar-refractivity contribution in [2.24, 2.45) is 0 Å². The number of nitrogens with zero attached hydrogens (tertiary/aromatic N) is 1. The summed E-state index contributed by atoms with van der Waals surface area (Å²) < 4.78 is 6.41. The molecule has 1 saturated carbocycles. The van der Waals surface area contributed by atoms with Gasteiger partial charge in [0, 0.05) is 24.1 Å². The van der Waals surface area contributed by atoms with Gasteiger partial charge in [0.2, 0.25) is 0 Å². The van der Waals surface area contributed by atoms with Crippen molar-refractivity contribution >= 4 is 0 Å². The topological polar surface area (TPSA) is 65.0 Å². The van der Waals surface area contributed by atoms with E-state index in [1.165, 1.54) is 5.56 Å². The SMILES string of the molecule is CCN[C@H]1CC[C@]2(O)C[C@H]1Oc1c(O)ccc3c1CCCN(C)C2C3. The van der Waals surface area contributed by atoms with Crippen molar-refractivity contribution in [3.63, 3.8) is 0 Å². The summed E-state index contributed by atoms with van der Waals surface area (Å²) in [5.41, 5.74) is 1.61. The Morgan fingerprint density at radius 1 is 1.40 bits per heavy atom. The molecule has 1 unspecified atom stereocenters. The first-order chi connectivity index (χ1) is 12.0. The lowest BCUT2D eigenvalue weighted by Crippen LogP contribution is -2.60. The minimum atomic E-state index is -0.748. The molecule has 1 aliphatic carbocycles. The number of nitrogens with one attached hydrogen (secondary N) is 1. The van der Waals surface area contributed by atoms with Gasteiger partial charge in [-0.1, -0.05) is 13.0 Å². The second-order valence-electron chi connectivity index (χ2n) is 8.02. The van der Waals surface area contributed by atoms with Gasteiger partial charge in [-0.05, 0) is 63.9 Å². The van der Waals surface area contributed by atoms with Gasteiger partial charge >= 0.3 is 0 Å². The van der Waals surface area contributed by atoms with Crippen LogP contribution in [-0.4, -0.2) is 59.0 Å². The van der Waals surface area contributed by atoms with Crippen LogP contribution in [0.2, 0.25) is 0 Å². The number of benzene rings is 1. The molecule has 0 aromatic heterocycles. The Hall–Kier alpha value is -1.30. The molecule has 1 aromatic carbocycles. The normalized spacial score (nSPS) is 35.1. The maximum atomic E-state index is 11.6. The third-order valence-corrected chi connectivity index (χ3v) is 6.47. The van der Waals surface area contributed by atoms with Crippen LogP contribution in [0.1, 0.15) is 43.7 Å². The van der Waals surface area contributed by atoms with E-state index in [1.807, 2.05) is 6.07 Å². The van der Waals surface area contributed by atoms with Crippen molar-refractivity contribution in [3.8, 4) is 11.5 Å². The molecule has 1 fully saturated rings. The van der Waals surface area contributed by atoms with Gasteiger partial charge in [0.05, 0.1) is 5.60 Å². The number of fused-ring (bicyclic) bond motifs is 4. The zero-order valence-electron chi connectivity index (χ0n) is 15.3. The number of aromatic hydroxyl groups is 1. The van der Waals surface area contributed by atoms with Gasteiger partial charge in [-0.2, -0.15) is 0 Å². The number of rotatable bonds is 2. The molecule has 5 heteroatoms. The number of hydrogen-bond acceptors (Lipinski definition) is 5. The number of hydrogen-bond donors (Lipinski definition) is 3. The summed E-state index contributed by atoms with van der Waals surface area (Å²) in [7, 11) is 2.14. The maximum absolute atomic E-state index is 11.6. The highest BCUT2D eigenvalue weighted by atomic mass is 16.5. The van der Waals surface area contributed by atoms with Gasteiger partial charge in [0.25, 0.3) is 0 Å². The monoisotopic (exact) mass is 346 g/mol. The number of aliphatic hydroxyl groups is 1. The van der Waals surface area contributed by atoms with Crippen molar-refractivity contribution in [2.75, 3.05) is 20.1 Å². The van der Waals surface area contributed by atoms with Crippen molar-refractivity contribution in [3.05, 3.63) is 23.3 Å². The molecule has 6 bridgehead atoms. The lowest BCUT2D eigenvalue weighted by Gasteiger charge is -2.47. The number of phenols is 1. The molecule has 1 aromatic rings. The summed E-state index contributed by atoms with van der Waals surface area (Å²) in [6, 6.07) is 4.08. The van der Waals surface area contributed by atoms with E-state index in [-0.39, 0.29) is 23.9 Å². The average molecular weight is 346 g/mol. The standard InChI is InChI=1S/C20H30N2O3/c1-3-21-15-8-9-20(24)12-17(15)25-19-14-5-4-10-22(2)18(20)11-13(14)6-7-16(19)23/h6-7,15,17-18,21,23-24H,3-5,8-12H2,1-2H3/t15-,17+,18?,20-/m0/s1. The minimum absolute atomic E-state index is 0.0933. The first-order valence-electron chi connectivity index (χ1n) is 9.68. The van der Waals surface area contributed by atoms with Crippen molar-refractivity contribution in [1.29, 1.82) is 0 Å². The Labute approximate surface area is 150 Å². The van der Waals surface area contributed by atoms with Crippen LogP contribution in [0.3, 0.4) is 0 Å². The van der Waals surface area contributed by atoms with E-state index in [2.05, 4.69) is 24.2 Å². The van der Waals surface area contributed by atoms with Crippen LogP contribution in [-0.2, 0) is 12.8 Å². The zero-order chi connectivity index (χ0) is 17.6. The van der Waals surface area contributed by atoms with Crippen molar-refractivity contribution < 1.29 is 14.9 Å². The van der Waals surface area contributed by atoms with E-state index in [0.717, 1.165) is 50.8 Å². The van der Waals surface area contributed by atoms with E-state index >= 15 is 0 Å². The number of phenolic OH excluding ortho intramolecular Hbond substituents is 1. The molecule has 0 saturated heterocycles. The molecule has 3 aliphatic rings. The summed E-state index contributed by atoms with van der Waals surface area (Å²) in [6.45, 7) is 3.94. The minimum Gasteiger partial charge on any atom is -0.504 e. The third kappa shape index (κ3) is 2.92. The van der Waals surface area contributed by atoms with E-state index < -0.39 is 5.60 Å². The van der Waals surface area contributed by atoms with Crippen LogP contribution in [0.4, 0.5) is 0 Å². The molecule has 4 rings (SSSR count). The fraction of sp³-hybridized carbons (Fsp3) is 0.700. The Morgan fingerprint density at radius 2 is 2.24 bits per heavy atom. The lowest BCUT2D eigenvalue weighted by molar-refractivity contribution is -0.0986. The van der Waals surface area contributed by atoms with Crippen LogP contribution in [0.25, 0.3) is 0 Å². The zero-order valence-corrected chi connectivity index (χ0v) is 15.3. The molecular formula is C20H30N2O3. The van der Waals surface area contributed by atoms with Gasteiger partial charge in [-0.25, -0.2) is 0 Å². The van der Waals surface area contributed by atoms with Gasteiger partial charge in [-0.3, -0.25) is 0 Å². The van der Waals surface area contributed by atoms with Gasteiger partial charge < -0.3 is 25.2 Å². The summed E-state index contributed by atoms with van der Waals surface area (Å²) in [5, 5.41) is 25.6. The lowest BCUT2D eigenvalue weighted by atomic mass is 9.73. The van der Waals surface area contributed by atoms with E-state index in [4.69, 9.17) is 4.74 Å². The van der Waals surface area contributed by atoms with Gasteiger partial charge in [-0.15, -0.1) is 0 Å². The smallest absolute Gasteiger partial charge is 0.164 e. The highest BCUT2D eigenvalue weighted by Crippen LogP contribution is 2.44. The quantitative estimate of drug-likeness (QED) is 0.763. The highest BCUT2D eigenvalue weighted by Gasteiger charge is 2.48. The second kappa shape index (κ2) is 6.45. The molecular weight excluding hydrogens is 316 g/mol. The maximum Gasteiger partial charge on any atom is 0.164 e. The Morgan fingerprint density at radius 3 is 3.04 bits per heavy atom. The van der Waals surface area contributed by atoms with Crippen LogP contribution < -0.4 is 10.1 Å². The molecule has 138 valence electrons. The predicted molar refractivity (Wildman–Crippen MR) is 97.2 cm³/mol. The molecule has 2 heterocycles. The number of ether oxygens (including phenoxy) is 1. The van der Waals surface area contributed by atoms with Crippen LogP contribution >= 0.6 is 0 Å². The van der Waals surface area contributed by atoms with E-state index in [9.17, 15) is 10.2 Å². The Balaban J connectivity index is 1.84. The molecule has 2 aliphatic heterocycles. The molecule has 5 nitrogen and oxygen atoms in total. The van der Waals surface area contributed by atoms with Crippen LogP contribution in [0.15, 0.2) is 12.1 Å². The molecule has 0 amide bonds. The van der Waals surface area contributed by atoms with Crippen molar-refractivity contribution in [2.45, 2.75) is 69.2 Å². The summed E-state index contributed by atoms with van der Waals surface area (Å²) >= 11 is 0. The van der Waals surface area contributed by atoms with E-state index in [0.29, 0.717) is 12.2 Å². The largest absolute Gasteiger partial charge is 0.504 e. The summed E-state index contributed by atoms with van der Waals surface area (Å²) in [5.74, 6) is 0.885. The number of likely N-dealkylation sites (N-methyl/N-ethyl adjacent to an activating group) is 2. The molecule has 4 atom stereocenters. The third-order valence-electron chi connectivity index (χ3n) is 6.47. The van der Waals surface area contributed by atoms with Crippen molar-refractivity contribution in [1.82, 2.24) is 10.2 Å². The summed E-state index contributed by atoms with van der Waals surface area (Å²) in [6.07, 6.45) is 4.91. The summed E-state index contributed by atoms with van der Waals surface area (Å²) in [4.78, 5) is 2.34. The van der Waals surface area contributed by atoms with Crippen LogP contribution in [0.5, 0.6) is 11.5 Å². The van der Waals surface area contributed by atoms with E-state index in [1.54, 1.807) is 6.07 Å². The Bertz CT molecular complexity index is 650. The molecule has 0 radical (unpaired) electrons. The van der Waals surface area contributed by atoms with Crippen LogP contribution in [0, 0.1) is 0 Å².